The molecule has 1 saturated heterocycles. The van der Waals surface area contributed by atoms with Crippen molar-refractivity contribution in [2.24, 2.45) is 0 Å². The third kappa shape index (κ3) is 4.39. The molecule has 2 atom stereocenters. The van der Waals surface area contributed by atoms with E-state index in [1.165, 1.54) is 22.6 Å². The quantitative estimate of drug-likeness (QED) is 0.296. The molecular weight excluding hydrogens is 466 g/mol. The first-order valence-electron chi connectivity index (χ1n) is 12.6. The summed E-state index contributed by atoms with van der Waals surface area (Å²) in [7, 11) is 0. The predicted octanol–water partition coefficient (Wildman–Crippen LogP) is 6.10. The van der Waals surface area contributed by atoms with Gasteiger partial charge in [0.1, 0.15) is 5.76 Å². The van der Waals surface area contributed by atoms with Crippen LogP contribution in [0, 0.1) is 13.8 Å². The van der Waals surface area contributed by atoms with E-state index in [1.807, 2.05) is 30.5 Å². The van der Waals surface area contributed by atoms with Crippen LogP contribution in [-0.4, -0.2) is 32.7 Å². The number of benzene rings is 1. The molecule has 1 fully saturated rings. The number of nitrogens with one attached hydrogen (secondary N) is 1. The third-order valence-electron chi connectivity index (χ3n) is 7.13. The van der Waals surface area contributed by atoms with Gasteiger partial charge in [0.2, 0.25) is 0 Å². The zero-order valence-corrected chi connectivity index (χ0v) is 22.1. The van der Waals surface area contributed by atoms with Crippen LogP contribution in [0.2, 0.25) is 0 Å². The topological polar surface area (TPSA) is 49.5 Å². The minimum absolute atomic E-state index is 0.0209. The lowest BCUT2D eigenvalue weighted by molar-refractivity contribution is 0.286. The number of aryl methyl sites for hydroxylation is 1. The number of pyridine rings is 1. The number of anilines is 1. The van der Waals surface area contributed by atoms with Gasteiger partial charge in [-0.3, -0.25) is 4.98 Å². The number of aromatic nitrogens is 2. The molecule has 6 nitrogen and oxygen atoms in total. The lowest BCUT2D eigenvalue weighted by atomic mass is 9.96. The maximum absolute atomic E-state index is 5.84. The summed E-state index contributed by atoms with van der Waals surface area (Å²) in [6, 6.07) is 21.0. The second-order valence-corrected chi connectivity index (χ2v) is 9.57. The van der Waals surface area contributed by atoms with Gasteiger partial charge < -0.3 is 24.1 Å². The van der Waals surface area contributed by atoms with Gasteiger partial charge >= 0.3 is 0 Å². The SMILES string of the molecule is CCN(CC)c1ccc(-n2c(C)cc([C@H]3[C@@H](c4ccccn4)NC(=S)N3Cc3ccco3)c2C)cc1. The second-order valence-electron chi connectivity index (χ2n) is 9.18. The molecule has 36 heavy (non-hydrogen) atoms. The Bertz CT molecular complexity index is 1310. The van der Waals surface area contributed by atoms with Gasteiger partial charge in [-0.1, -0.05) is 6.07 Å². The predicted molar refractivity (Wildman–Crippen MR) is 149 cm³/mol. The molecule has 0 saturated carbocycles. The van der Waals surface area contributed by atoms with E-state index in [9.17, 15) is 0 Å². The van der Waals surface area contributed by atoms with Crippen LogP contribution in [0.4, 0.5) is 5.69 Å². The van der Waals surface area contributed by atoms with Crippen LogP contribution in [0.25, 0.3) is 5.69 Å². The first kappa shape index (κ1) is 24.1. The highest BCUT2D eigenvalue weighted by molar-refractivity contribution is 7.80. The van der Waals surface area contributed by atoms with E-state index in [4.69, 9.17) is 16.6 Å². The van der Waals surface area contributed by atoms with Gasteiger partial charge in [0.15, 0.2) is 5.11 Å². The molecule has 5 rings (SSSR count). The Kier molecular flexibility index (Phi) is 6.83. The van der Waals surface area contributed by atoms with Crippen LogP contribution >= 0.6 is 12.2 Å². The summed E-state index contributed by atoms with van der Waals surface area (Å²) in [5.74, 6) is 0.881. The average Bonchev–Trinajstić information content (AvgIpc) is 3.60. The van der Waals surface area contributed by atoms with Gasteiger partial charge in [0.05, 0.1) is 30.6 Å². The molecule has 0 amide bonds. The van der Waals surface area contributed by atoms with Crippen molar-refractivity contribution in [2.45, 2.75) is 46.3 Å². The number of rotatable bonds is 8. The molecule has 186 valence electrons. The molecule has 4 aromatic rings. The van der Waals surface area contributed by atoms with Crippen LogP contribution < -0.4 is 10.2 Å². The lowest BCUT2D eigenvalue weighted by Gasteiger charge is -2.27. The van der Waals surface area contributed by atoms with Gasteiger partial charge in [0, 0.05) is 42.0 Å². The van der Waals surface area contributed by atoms with E-state index in [1.54, 1.807) is 6.26 Å². The van der Waals surface area contributed by atoms with E-state index in [2.05, 4.69) is 88.8 Å². The van der Waals surface area contributed by atoms with Gasteiger partial charge in [-0.05, 0) is 100 Å². The molecule has 1 aliphatic heterocycles. The largest absolute Gasteiger partial charge is 0.467 e. The third-order valence-corrected chi connectivity index (χ3v) is 7.48. The van der Waals surface area contributed by atoms with E-state index in [0.29, 0.717) is 11.7 Å². The second kappa shape index (κ2) is 10.2. The van der Waals surface area contributed by atoms with E-state index < -0.39 is 0 Å². The van der Waals surface area contributed by atoms with Crippen molar-refractivity contribution < 1.29 is 4.42 Å². The summed E-state index contributed by atoms with van der Waals surface area (Å²) in [4.78, 5) is 9.26. The summed E-state index contributed by atoms with van der Waals surface area (Å²) >= 11 is 5.84. The van der Waals surface area contributed by atoms with Crippen LogP contribution in [0.15, 0.2) is 77.5 Å². The van der Waals surface area contributed by atoms with Crippen LogP contribution in [0.3, 0.4) is 0 Å². The normalized spacial score (nSPS) is 17.4. The average molecular weight is 500 g/mol. The molecule has 7 heteroatoms. The Morgan fingerprint density at radius 1 is 1.03 bits per heavy atom. The lowest BCUT2D eigenvalue weighted by Crippen LogP contribution is -2.29. The number of furan rings is 1. The molecule has 0 radical (unpaired) electrons. The first-order chi connectivity index (χ1) is 17.5. The molecule has 1 N–H and O–H groups in total. The molecule has 0 aliphatic carbocycles. The molecule has 0 unspecified atom stereocenters. The maximum atomic E-state index is 5.84. The summed E-state index contributed by atoms with van der Waals surface area (Å²) in [5.41, 5.74) is 7.00. The van der Waals surface area contributed by atoms with Crippen molar-refractivity contribution in [3.8, 4) is 5.69 Å². The number of thiocarbonyl (C=S) groups is 1. The molecule has 3 aromatic heterocycles. The van der Waals surface area contributed by atoms with Crippen LogP contribution in [0.5, 0.6) is 0 Å². The minimum atomic E-state index is -0.0624. The van der Waals surface area contributed by atoms with Crippen molar-refractivity contribution >= 4 is 23.0 Å². The van der Waals surface area contributed by atoms with E-state index in [0.717, 1.165) is 30.2 Å². The zero-order chi connectivity index (χ0) is 25.2. The fourth-order valence-corrected chi connectivity index (χ4v) is 5.68. The smallest absolute Gasteiger partial charge is 0.170 e. The molecule has 4 heterocycles. The standard InChI is InChI=1S/C29H33N5OS/c1-5-32(6-2)22-12-14-23(15-13-22)34-20(3)18-25(21(34)4)28-27(26-11-7-8-16-30-26)31-29(36)33(28)19-24-10-9-17-35-24/h7-18,27-28H,5-6,19H2,1-4H3,(H,31,36)/t27-,28+/m1/s1. The van der Waals surface area contributed by atoms with Gasteiger partial charge in [-0.25, -0.2) is 0 Å². The molecule has 1 aliphatic rings. The fourth-order valence-electron chi connectivity index (χ4n) is 5.37. The van der Waals surface area contributed by atoms with E-state index >= 15 is 0 Å². The first-order valence-corrected chi connectivity index (χ1v) is 13.0. The van der Waals surface area contributed by atoms with Crippen molar-refractivity contribution in [3.63, 3.8) is 0 Å². The minimum Gasteiger partial charge on any atom is -0.467 e. The Hall–Kier alpha value is -3.58. The molecule has 1 aromatic carbocycles. The van der Waals surface area contributed by atoms with Crippen molar-refractivity contribution in [1.82, 2.24) is 19.8 Å². The van der Waals surface area contributed by atoms with Gasteiger partial charge in [0.25, 0.3) is 0 Å². The Morgan fingerprint density at radius 3 is 2.44 bits per heavy atom. The summed E-state index contributed by atoms with van der Waals surface area (Å²) in [5, 5.41) is 4.26. The van der Waals surface area contributed by atoms with Crippen molar-refractivity contribution in [3.05, 3.63) is 102 Å². The van der Waals surface area contributed by atoms with E-state index in [-0.39, 0.29) is 12.1 Å². The van der Waals surface area contributed by atoms with Gasteiger partial charge in [-0.2, -0.15) is 0 Å². The highest BCUT2D eigenvalue weighted by atomic mass is 32.1. The number of nitrogens with zero attached hydrogens (tertiary/aromatic N) is 4. The maximum Gasteiger partial charge on any atom is 0.170 e. The van der Waals surface area contributed by atoms with Crippen molar-refractivity contribution in [1.29, 1.82) is 0 Å². The highest BCUT2D eigenvalue weighted by Crippen LogP contribution is 2.42. The Labute approximate surface area is 218 Å². The Morgan fingerprint density at radius 2 is 1.81 bits per heavy atom. The molecular formula is C29H33N5OS. The number of hydrogen-bond acceptors (Lipinski definition) is 4. The monoisotopic (exact) mass is 499 g/mol. The summed E-state index contributed by atoms with van der Waals surface area (Å²) in [6.07, 6.45) is 3.55. The van der Waals surface area contributed by atoms with Crippen LogP contribution in [0.1, 0.15) is 54.3 Å². The Balaban J connectivity index is 1.56. The highest BCUT2D eigenvalue weighted by Gasteiger charge is 2.41. The summed E-state index contributed by atoms with van der Waals surface area (Å²) < 4.78 is 8.03. The zero-order valence-electron chi connectivity index (χ0n) is 21.3. The number of hydrogen-bond donors (Lipinski definition) is 1. The molecule has 0 bridgehead atoms. The summed E-state index contributed by atoms with van der Waals surface area (Å²) in [6.45, 7) is 11.3. The van der Waals surface area contributed by atoms with Gasteiger partial charge in [-0.15, -0.1) is 0 Å². The fraction of sp³-hybridized carbons (Fsp3) is 0.310. The van der Waals surface area contributed by atoms with Crippen LogP contribution in [-0.2, 0) is 6.54 Å². The molecule has 0 spiro atoms. The van der Waals surface area contributed by atoms with Crippen molar-refractivity contribution in [2.75, 3.05) is 18.0 Å².